The van der Waals surface area contributed by atoms with Gasteiger partial charge in [-0.2, -0.15) is 0 Å². The Morgan fingerprint density at radius 2 is 2.08 bits per heavy atom. The van der Waals surface area contributed by atoms with Gasteiger partial charge >= 0.3 is 0 Å². The molecule has 2 nitrogen and oxygen atoms in total. The fraction of sp³-hybridized carbons (Fsp3) is 0.111. The molecular formula is C9H7BrO2S. The quantitative estimate of drug-likeness (QED) is 0.772. The summed E-state index contributed by atoms with van der Waals surface area (Å²) in [6.07, 6.45) is 0. The van der Waals surface area contributed by atoms with Gasteiger partial charge in [-0.25, -0.2) is 0 Å². The van der Waals surface area contributed by atoms with Gasteiger partial charge in [0.15, 0.2) is 5.06 Å². The van der Waals surface area contributed by atoms with Crippen LogP contribution < -0.4 is 0 Å². The number of alkyl halides is 1. The summed E-state index contributed by atoms with van der Waals surface area (Å²) in [5.74, 6) is 0.229. The summed E-state index contributed by atoms with van der Waals surface area (Å²) in [5.41, 5.74) is 0.843. The Morgan fingerprint density at radius 1 is 1.31 bits per heavy atom. The number of hydrogen-bond donors (Lipinski definition) is 2. The van der Waals surface area contributed by atoms with Gasteiger partial charge in [-0.15, -0.1) is 0 Å². The Morgan fingerprint density at radius 3 is 2.77 bits per heavy atom. The predicted molar refractivity (Wildman–Crippen MR) is 57.8 cm³/mol. The first-order valence-electron chi connectivity index (χ1n) is 3.71. The molecule has 0 atom stereocenters. The van der Waals surface area contributed by atoms with E-state index in [-0.39, 0.29) is 5.75 Å². The number of thiophene rings is 1. The minimum atomic E-state index is 0.229. The lowest BCUT2D eigenvalue weighted by Gasteiger charge is -1.94. The lowest BCUT2D eigenvalue weighted by molar-refractivity contribution is 0.476. The highest BCUT2D eigenvalue weighted by Crippen LogP contribution is 2.39. The molecule has 0 bridgehead atoms. The lowest BCUT2D eigenvalue weighted by Crippen LogP contribution is -1.73. The van der Waals surface area contributed by atoms with E-state index in [1.807, 2.05) is 0 Å². The zero-order valence-electron chi connectivity index (χ0n) is 6.62. The van der Waals surface area contributed by atoms with Gasteiger partial charge in [0.25, 0.3) is 0 Å². The summed E-state index contributed by atoms with van der Waals surface area (Å²) in [4.78, 5) is 0. The Kier molecular flexibility index (Phi) is 2.17. The van der Waals surface area contributed by atoms with Gasteiger partial charge in [0.1, 0.15) is 5.75 Å². The van der Waals surface area contributed by atoms with Crippen molar-refractivity contribution < 1.29 is 10.2 Å². The minimum absolute atomic E-state index is 0.229. The zero-order valence-corrected chi connectivity index (χ0v) is 9.02. The molecule has 4 heteroatoms. The maximum atomic E-state index is 9.53. The first-order chi connectivity index (χ1) is 6.22. The number of fused-ring (bicyclic) bond motifs is 1. The van der Waals surface area contributed by atoms with Gasteiger partial charge in [0.05, 0.1) is 0 Å². The number of phenols is 1. The molecule has 2 aromatic rings. The first kappa shape index (κ1) is 8.84. The standard InChI is InChI=1S/C9H7BrO2S/c10-4-7-6-3-5(11)1-2-8(6)13-9(7)12/h1-3,11-12H,4H2. The van der Waals surface area contributed by atoms with Crippen molar-refractivity contribution in [2.75, 3.05) is 0 Å². The third-order valence-electron chi connectivity index (χ3n) is 1.89. The van der Waals surface area contributed by atoms with E-state index < -0.39 is 0 Å². The second-order valence-corrected chi connectivity index (χ2v) is 4.29. The second kappa shape index (κ2) is 3.20. The summed E-state index contributed by atoms with van der Waals surface area (Å²) in [6.45, 7) is 0. The van der Waals surface area contributed by atoms with Crippen LogP contribution in [0, 0.1) is 0 Å². The molecule has 0 amide bonds. The Balaban J connectivity index is 2.80. The van der Waals surface area contributed by atoms with Gasteiger partial charge in [-0.05, 0) is 18.2 Å². The topological polar surface area (TPSA) is 40.5 Å². The van der Waals surface area contributed by atoms with Crippen LogP contribution in [0.4, 0.5) is 0 Å². The van der Waals surface area contributed by atoms with Crippen molar-refractivity contribution in [3.8, 4) is 10.8 Å². The van der Waals surface area contributed by atoms with Crippen molar-refractivity contribution >= 4 is 37.4 Å². The normalized spacial score (nSPS) is 10.8. The van der Waals surface area contributed by atoms with E-state index in [1.165, 1.54) is 11.3 Å². The molecule has 0 unspecified atom stereocenters. The highest BCUT2D eigenvalue weighted by atomic mass is 79.9. The average molecular weight is 259 g/mol. The van der Waals surface area contributed by atoms with Crippen LogP contribution >= 0.6 is 27.3 Å². The number of phenolic OH excluding ortho intramolecular Hbond substituents is 1. The van der Waals surface area contributed by atoms with Crippen LogP contribution in [0.15, 0.2) is 18.2 Å². The van der Waals surface area contributed by atoms with Crippen LogP contribution in [-0.4, -0.2) is 10.2 Å². The Bertz CT molecular complexity index is 450. The smallest absolute Gasteiger partial charge is 0.176 e. The second-order valence-electron chi connectivity index (χ2n) is 2.70. The lowest BCUT2D eigenvalue weighted by atomic mass is 10.2. The van der Waals surface area contributed by atoms with Crippen molar-refractivity contribution in [3.63, 3.8) is 0 Å². The molecule has 0 saturated heterocycles. The third-order valence-corrected chi connectivity index (χ3v) is 3.46. The van der Waals surface area contributed by atoms with Gasteiger partial charge in [-0.3, -0.25) is 0 Å². The molecule has 0 fully saturated rings. The number of aromatic hydroxyl groups is 2. The number of benzene rings is 1. The minimum Gasteiger partial charge on any atom is -0.508 e. The summed E-state index contributed by atoms with van der Waals surface area (Å²) in [5, 5.41) is 20.6. The van der Waals surface area contributed by atoms with Crippen molar-refractivity contribution in [2.24, 2.45) is 0 Å². The van der Waals surface area contributed by atoms with E-state index in [2.05, 4.69) is 15.9 Å². The fourth-order valence-electron chi connectivity index (χ4n) is 1.25. The molecule has 2 rings (SSSR count). The summed E-state index contributed by atoms with van der Waals surface area (Å²) >= 11 is 4.62. The summed E-state index contributed by atoms with van der Waals surface area (Å²) in [6, 6.07) is 5.10. The predicted octanol–water partition coefficient (Wildman–Crippen LogP) is 3.21. The molecular weight excluding hydrogens is 252 g/mol. The summed E-state index contributed by atoms with van der Waals surface area (Å²) in [7, 11) is 0. The molecule has 2 N–H and O–H groups in total. The number of rotatable bonds is 1. The maximum Gasteiger partial charge on any atom is 0.176 e. The van der Waals surface area contributed by atoms with Crippen LogP contribution in [-0.2, 0) is 5.33 Å². The fourth-order valence-corrected chi connectivity index (χ4v) is 2.95. The summed E-state index contributed by atoms with van der Waals surface area (Å²) < 4.78 is 0.991. The highest BCUT2D eigenvalue weighted by molar-refractivity contribution is 9.08. The van der Waals surface area contributed by atoms with Gasteiger partial charge in [-0.1, -0.05) is 27.3 Å². The van der Waals surface area contributed by atoms with Crippen LogP contribution in [0.3, 0.4) is 0 Å². The molecule has 1 heterocycles. The molecule has 0 saturated carbocycles. The molecule has 13 heavy (non-hydrogen) atoms. The maximum absolute atomic E-state index is 9.53. The SMILES string of the molecule is Oc1ccc2sc(O)c(CBr)c2c1. The molecule has 0 aliphatic heterocycles. The largest absolute Gasteiger partial charge is 0.508 e. The van der Waals surface area contributed by atoms with Crippen molar-refractivity contribution in [1.82, 2.24) is 0 Å². The van der Waals surface area contributed by atoms with Crippen LogP contribution in [0.1, 0.15) is 5.56 Å². The molecule has 0 spiro atoms. The van der Waals surface area contributed by atoms with Gasteiger partial charge in [0.2, 0.25) is 0 Å². The first-order valence-corrected chi connectivity index (χ1v) is 5.65. The van der Waals surface area contributed by atoms with E-state index in [0.717, 1.165) is 15.6 Å². The monoisotopic (exact) mass is 258 g/mol. The van der Waals surface area contributed by atoms with E-state index in [4.69, 9.17) is 0 Å². The zero-order chi connectivity index (χ0) is 9.42. The molecule has 1 aromatic heterocycles. The number of halogens is 1. The van der Waals surface area contributed by atoms with Gasteiger partial charge < -0.3 is 10.2 Å². The van der Waals surface area contributed by atoms with E-state index in [1.54, 1.807) is 18.2 Å². The Hall–Kier alpha value is -0.740. The van der Waals surface area contributed by atoms with E-state index in [0.29, 0.717) is 10.4 Å². The molecule has 0 aliphatic rings. The highest BCUT2D eigenvalue weighted by Gasteiger charge is 2.09. The number of hydrogen-bond acceptors (Lipinski definition) is 3. The Labute approximate surface area is 87.6 Å². The van der Waals surface area contributed by atoms with Crippen LogP contribution in [0.5, 0.6) is 10.8 Å². The van der Waals surface area contributed by atoms with E-state index in [9.17, 15) is 10.2 Å². The average Bonchev–Trinajstić information content (AvgIpc) is 2.40. The van der Waals surface area contributed by atoms with Crippen molar-refractivity contribution in [3.05, 3.63) is 23.8 Å². The van der Waals surface area contributed by atoms with Gasteiger partial charge in [0, 0.05) is 21.0 Å². The molecule has 0 aliphatic carbocycles. The molecule has 1 aromatic carbocycles. The van der Waals surface area contributed by atoms with Crippen LogP contribution in [0.25, 0.3) is 10.1 Å². The third kappa shape index (κ3) is 1.40. The molecule has 0 radical (unpaired) electrons. The van der Waals surface area contributed by atoms with E-state index >= 15 is 0 Å². The van der Waals surface area contributed by atoms with Crippen molar-refractivity contribution in [2.45, 2.75) is 5.33 Å². The van der Waals surface area contributed by atoms with Crippen molar-refractivity contribution in [1.29, 1.82) is 0 Å². The van der Waals surface area contributed by atoms with Crippen LogP contribution in [0.2, 0.25) is 0 Å². The molecule has 68 valence electrons.